The van der Waals surface area contributed by atoms with Crippen molar-refractivity contribution in [1.82, 2.24) is 10.6 Å². The minimum absolute atomic E-state index is 0.165. The summed E-state index contributed by atoms with van der Waals surface area (Å²) in [6.07, 6.45) is 4.91. The SMILES string of the molecule is CC/C=C/CC(=O)N[C@H](C(=O)NC)c1ccccc1. The summed E-state index contributed by atoms with van der Waals surface area (Å²) >= 11 is 0. The van der Waals surface area contributed by atoms with Crippen molar-refractivity contribution in [1.29, 1.82) is 0 Å². The Morgan fingerprint density at radius 1 is 1.21 bits per heavy atom. The van der Waals surface area contributed by atoms with Gasteiger partial charge >= 0.3 is 0 Å². The molecule has 0 saturated carbocycles. The van der Waals surface area contributed by atoms with Crippen LogP contribution in [0.4, 0.5) is 0 Å². The number of carbonyl (C=O) groups is 2. The number of amides is 2. The Kier molecular flexibility index (Phi) is 6.36. The molecule has 0 spiro atoms. The molecule has 0 heterocycles. The Balaban J connectivity index is 2.74. The fourth-order valence-electron chi connectivity index (χ4n) is 1.67. The van der Waals surface area contributed by atoms with Crippen molar-refractivity contribution in [2.45, 2.75) is 25.8 Å². The lowest BCUT2D eigenvalue weighted by Gasteiger charge is -2.17. The molecule has 19 heavy (non-hydrogen) atoms. The molecule has 1 aromatic rings. The highest BCUT2D eigenvalue weighted by atomic mass is 16.2. The van der Waals surface area contributed by atoms with E-state index in [2.05, 4.69) is 10.6 Å². The van der Waals surface area contributed by atoms with Crippen molar-refractivity contribution < 1.29 is 9.59 Å². The number of hydrogen-bond donors (Lipinski definition) is 2. The minimum atomic E-state index is -0.645. The summed E-state index contributed by atoms with van der Waals surface area (Å²) in [7, 11) is 1.56. The van der Waals surface area contributed by atoms with E-state index in [-0.39, 0.29) is 18.2 Å². The van der Waals surface area contributed by atoms with Crippen molar-refractivity contribution >= 4 is 11.8 Å². The minimum Gasteiger partial charge on any atom is -0.357 e. The summed E-state index contributed by atoms with van der Waals surface area (Å²) in [5, 5.41) is 5.31. The molecule has 0 aromatic heterocycles. The van der Waals surface area contributed by atoms with Gasteiger partial charge in [0, 0.05) is 13.5 Å². The Hall–Kier alpha value is -2.10. The van der Waals surface area contributed by atoms with E-state index in [1.54, 1.807) is 13.1 Å². The lowest BCUT2D eigenvalue weighted by molar-refractivity contribution is -0.128. The normalized spacial score (nSPS) is 12.1. The number of allylic oxidation sites excluding steroid dienone is 1. The van der Waals surface area contributed by atoms with Crippen molar-refractivity contribution in [3.63, 3.8) is 0 Å². The van der Waals surface area contributed by atoms with Crippen LogP contribution in [0.5, 0.6) is 0 Å². The zero-order valence-electron chi connectivity index (χ0n) is 11.3. The van der Waals surface area contributed by atoms with E-state index in [1.807, 2.05) is 43.3 Å². The number of likely N-dealkylation sites (N-methyl/N-ethyl adjacent to an activating group) is 1. The van der Waals surface area contributed by atoms with Gasteiger partial charge < -0.3 is 10.6 Å². The Bertz CT molecular complexity index is 441. The quantitative estimate of drug-likeness (QED) is 0.768. The zero-order chi connectivity index (χ0) is 14.1. The van der Waals surface area contributed by atoms with E-state index in [0.29, 0.717) is 0 Å². The highest BCUT2D eigenvalue weighted by Gasteiger charge is 2.20. The second-order valence-corrected chi connectivity index (χ2v) is 4.11. The molecule has 0 aliphatic carbocycles. The number of hydrogen-bond acceptors (Lipinski definition) is 2. The van der Waals surface area contributed by atoms with E-state index in [1.165, 1.54) is 0 Å². The second-order valence-electron chi connectivity index (χ2n) is 4.11. The van der Waals surface area contributed by atoms with Gasteiger partial charge in [0.15, 0.2) is 0 Å². The molecule has 0 unspecified atom stereocenters. The average Bonchev–Trinajstić information content (AvgIpc) is 2.45. The third kappa shape index (κ3) is 4.95. The van der Waals surface area contributed by atoms with Gasteiger partial charge in [0.05, 0.1) is 0 Å². The Morgan fingerprint density at radius 2 is 1.89 bits per heavy atom. The highest BCUT2D eigenvalue weighted by Crippen LogP contribution is 2.12. The van der Waals surface area contributed by atoms with E-state index >= 15 is 0 Å². The Morgan fingerprint density at radius 3 is 2.47 bits per heavy atom. The molecule has 0 aliphatic heterocycles. The van der Waals surface area contributed by atoms with Gasteiger partial charge in [-0.1, -0.05) is 49.4 Å². The molecule has 0 aliphatic rings. The van der Waals surface area contributed by atoms with Crippen molar-refractivity contribution in [2.75, 3.05) is 7.05 Å². The van der Waals surface area contributed by atoms with Crippen LogP contribution in [0.2, 0.25) is 0 Å². The summed E-state index contributed by atoms with van der Waals surface area (Å²) in [5.74, 6) is -0.388. The summed E-state index contributed by atoms with van der Waals surface area (Å²) < 4.78 is 0. The molecule has 1 atom stereocenters. The van der Waals surface area contributed by atoms with Crippen LogP contribution in [-0.4, -0.2) is 18.9 Å². The molecule has 2 N–H and O–H groups in total. The van der Waals surface area contributed by atoms with Crippen molar-refractivity contribution in [3.05, 3.63) is 48.0 Å². The van der Waals surface area contributed by atoms with Crippen LogP contribution < -0.4 is 10.6 Å². The van der Waals surface area contributed by atoms with Crippen LogP contribution in [-0.2, 0) is 9.59 Å². The third-order valence-electron chi connectivity index (χ3n) is 2.65. The summed E-state index contributed by atoms with van der Waals surface area (Å²) in [5.41, 5.74) is 0.773. The first kappa shape index (κ1) is 15.0. The zero-order valence-corrected chi connectivity index (χ0v) is 11.3. The molecule has 0 saturated heterocycles. The lowest BCUT2D eigenvalue weighted by Crippen LogP contribution is -2.38. The van der Waals surface area contributed by atoms with Gasteiger partial charge in [-0.25, -0.2) is 0 Å². The van der Waals surface area contributed by atoms with E-state index in [9.17, 15) is 9.59 Å². The smallest absolute Gasteiger partial charge is 0.246 e. The number of nitrogens with one attached hydrogen (secondary N) is 2. The molecule has 4 heteroatoms. The van der Waals surface area contributed by atoms with E-state index in [4.69, 9.17) is 0 Å². The first-order chi connectivity index (χ1) is 9.19. The fourth-order valence-corrected chi connectivity index (χ4v) is 1.67. The molecule has 4 nitrogen and oxygen atoms in total. The third-order valence-corrected chi connectivity index (χ3v) is 2.65. The number of carbonyl (C=O) groups excluding carboxylic acids is 2. The highest BCUT2D eigenvalue weighted by molar-refractivity contribution is 5.88. The van der Waals surface area contributed by atoms with Gasteiger partial charge in [0.2, 0.25) is 11.8 Å². The van der Waals surface area contributed by atoms with Crippen molar-refractivity contribution in [2.24, 2.45) is 0 Å². The van der Waals surface area contributed by atoms with Gasteiger partial charge in [-0.15, -0.1) is 0 Å². The van der Waals surface area contributed by atoms with Crippen LogP contribution in [0.3, 0.4) is 0 Å². The average molecular weight is 260 g/mol. The lowest BCUT2D eigenvalue weighted by atomic mass is 10.1. The molecule has 102 valence electrons. The van der Waals surface area contributed by atoms with E-state index in [0.717, 1.165) is 12.0 Å². The van der Waals surface area contributed by atoms with Crippen LogP contribution >= 0.6 is 0 Å². The standard InChI is InChI=1S/C15H20N2O2/c1-3-4-6-11-13(18)17-14(15(19)16-2)12-9-7-5-8-10-12/h4-10,14H,3,11H2,1-2H3,(H,16,19)(H,17,18)/b6-4+/t14-/m0/s1. The fraction of sp³-hybridized carbons (Fsp3) is 0.333. The number of benzene rings is 1. The molecule has 0 bridgehead atoms. The van der Waals surface area contributed by atoms with Gasteiger partial charge in [-0.3, -0.25) is 9.59 Å². The predicted octanol–water partition coefficient (Wildman–Crippen LogP) is 1.95. The monoisotopic (exact) mass is 260 g/mol. The molecule has 1 aromatic carbocycles. The van der Waals surface area contributed by atoms with Crippen LogP contribution in [0, 0.1) is 0 Å². The molecule has 0 radical (unpaired) electrons. The van der Waals surface area contributed by atoms with Crippen LogP contribution in [0.15, 0.2) is 42.5 Å². The van der Waals surface area contributed by atoms with Crippen LogP contribution in [0.1, 0.15) is 31.4 Å². The van der Waals surface area contributed by atoms with Gasteiger partial charge in [0.1, 0.15) is 6.04 Å². The Labute approximate surface area is 113 Å². The molecule has 0 fully saturated rings. The molecular weight excluding hydrogens is 240 g/mol. The summed E-state index contributed by atoms with van der Waals surface area (Å²) in [6, 6.07) is 8.55. The first-order valence-electron chi connectivity index (χ1n) is 6.40. The maximum atomic E-state index is 11.8. The van der Waals surface area contributed by atoms with E-state index < -0.39 is 6.04 Å². The summed E-state index contributed by atoms with van der Waals surface area (Å²) in [6.45, 7) is 2.01. The van der Waals surface area contributed by atoms with Crippen LogP contribution in [0.25, 0.3) is 0 Å². The summed E-state index contributed by atoms with van der Waals surface area (Å²) in [4.78, 5) is 23.6. The van der Waals surface area contributed by atoms with Gasteiger partial charge in [0.25, 0.3) is 0 Å². The molecule has 2 amide bonds. The maximum Gasteiger partial charge on any atom is 0.246 e. The molecular formula is C15H20N2O2. The first-order valence-corrected chi connectivity index (χ1v) is 6.40. The van der Waals surface area contributed by atoms with Gasteiger partial charge in [-0.05, 0) is 12.0 Å². The van der Waals surface area contributed by atoms with Gasteiger partial charge in [-0.2, -0.15) is 0 Å². The number of rotatable bonds is 6. The largest absolute Gasteiger partial charge is 0.357 e. The topological polar surface area (TPSA) is 58.2 Å². The van der Waals surface area contributed by atoms with Crippen molar-refractivity contribution in [3.8, 4) is 0 Å². The second kappa shape index (κ2) is 8.08. The molecule has 1 rings (SSSR count). The maximum absolute atomic E-state index is 11.8. The predicted molar refractivity (Wildman–Crippen MR) is 75.4 cm³/mol.